The first kappa shape index (κ1) is 29.9. The molecule has 0 bridgehead atoms. The predicted octanol–water partition coefficient (Wildman–Crippen LogP) is 7.90. The van der Waals surface area contributed by atoms with E-state index in [-0.39, 0.29) is 31.6 Å². The zero-order valence-electron chi connectivity index (χ0n) is 26.3. The zero-order chi connectivity index (χ0) is 30.9. The molecule has 2 aromatic carbocycles. The fourth-order valence-corrected chi connectivity index (χ4v) is 17.8. The zero-order valence-corrected chi connectivity index (χ0v) is 28.2. The molecule has 4 amide bonds. The lowest BCUT2D eigenvalue weighted by atomic mass is 9.82. The normalized spacial score (nSPS) is 36.6. The minimum atomic E-state index is -0.178. The Bertz CT molecular complexity index is 1460. The highest BCUT2D eigenvalue weighted by Crippen LogP contribution is 2.80. The summed E-state index contributed by atoms with van der Waals surface area (Å²) in [5.74, 6) is -0.473. The summed E-state index contributed by atoms with van der Waals surface area (Å²) in [5.41, 5.74) is 7.95. The number of amides is 4. The number of nitrogens with zero attached hydrogens (tertiary/aromatic N) is 2. The molecule has 6 nitrogen and oxygen atoms in total. The number of hydrogen-bond acceptors (Lipinski definition) is 4. The van der Waals surface area contributed by atoms with E-state index < -0.39 is 0 Å². The number of rotatable bonds is 3. The molecule has 8 heteroatoms. The Hall–Kier alpha value is -2.42. The molecule has 2 spiro atoms. The van der Waals surface area contributed by atoms with Crippen molar-refractivity contribution in [1.82, 2.24) is 9.80 Å². The average Bonchev–Trinajstić information content (AvgIpc) is 3.88. The Balaban J connectivity index is 0.000000110. The highest BCUT2D eigenvalue weighted by molar-refractivity contribution is 7.61. The van der Waals surface area contributed by atoms with E-state index in [9.17, 15) is 19.2 Å². The molecule has 0 radical (unpaired) electrons. The molecule has 4 unspecified atom stereocenters. The largest absolute Gasteiger partial charge is 0.275 e. The predicted molar refractivity (Wildman–Crippen MR) is 180 cm³/mol. The van der Waals surface area contributed by atoms with E-state index in [4.69, 9.17) is 0 Å². The minimum Gasteiger partial charge on any atom is -0.275 e. The molecule has 2 saturated heterocycles. The van der Waals surface area contributed by atoms with Crippen LogP contribution in [0.3, 0.4) is 0 Å². The van der Waals surface area contributed by atoms with Gasteiger partial charge in [-0.25, -0.2) is 0 Å². The van der Waals surface area contributed by atoms with Crippen LogP contribution in [0.4, 0.5) is 0 Å². The van der Waals surface area contributed by atoms with Crippen LogP contribution in [0.1, 0.15) is 125 Å². The van der Waals surface area contributed by atoms with Gasteiger partial charge in [0.05, 0.1) is 22.3 Å². The van der Waals surface area contributed by atoms with Crippen molar-refractivity contribution in [3.8, 4) is 0 Å². The smallest absolute Gasteiger partial charge is 0.261 e. The highest BCUT2D eigenvalue weighted by Gasteiger charge is 2.65. The quantitative estimate of drug-likeness (QED) is 0.252. The van der Waals surface area contributed by atoms with Gasteiger partial charge in [-0.2, -0.15) is 0 Å². The molecule has 236 valence electrons. The van der Waals surface area contributed by atoms with E-state index in [1.54, 1.807) is 86.7 Å². The lowest BCUT2D eigenvalue weighted by molar-refractivity contribution is 0.0653. The molecule has 0 aromatic heterocycles. The van der Waals surface area contributed by atoms with Crippen molar-refractivity contribution in [2.45, 2.75) is 107 Å². The fourth-order valence-electron chi connectivity index (χ4n) is 10.8. The summed E-state index contributed by atoms with van der Waals surface area (Å²) in [5, 5.41) is 0. The van der Waals surface area contributed by atoms with Gasteiger partial charge in [0.2, 0.25) is 0 Å². The van der Waals surface area contributed by atoms with Gasteiger partial charge in [-0.15, -0.1) is 8.58 Å². The maximum Gasteiger partial charge on any atom is 0.261 e. The third-order valence-electron chi connectivity index (χ3n) is 12.8. The van der Waals surface area contributed by atoms with Gasteiger partial charge < -0.3 is 0 Å². The molecular weight excluding hydrogens is 598 g/mol. The average molecular weight is 643 g/mol. The summed E-state index contributed by atoms with van der Waals surface area (Å²) >= 11 is 0. The Morgan fingerprint density at radius 2 is 1.02 bits per heavy atom. The first-order chi connectivity index (χ1) is 21.9. The minimum absolute atomic E-state index is 0.0587. The van der Waals surface area contributed by atoms with Crippen LogP contribution in [0.25, 0.3) is 0 Å². The van der Waals surface area contributed by atoms with Crippen molar-refractivity contribution in [3.05, 3.63) is 70.8 Å². The summed E-state index contributed by atoms with van der Waals surface area (Å²) in [7, 11) is 1.21. The Kier molecular flexibility index (Phi) is 7.57. The SMILES string of the molecule is C1CC2PC3CCCC23C1.CCN1C(=O)c2ccccc2C1=O.O=C1c2ccccc2C(=O)N1CP1C2CCCC23CCCC13. The maximum atomic E-state index is 12.6. The van der Waals surface area contributed by atoms with Crippen LogP contribution < -0.4 is 0 Å². The van der Waals surface area contributed by atoms with Gasteiger partial charge in [-0.1, -0.05) is 57.9 Å². The van der Waals surface area contributed by atoms with Gasteiger partial charge in [0.1, 0.15) is 0 Å². The Morgan fingerprint density at radius 3 is 1.44 bits per heavy atom. The van der Waals surface area contributed by atoms with Crippen LogP contribution in [0.2, 0.25) is 0 Å². The second-order valence-corrected chi connectivity index (χ2v) is 18.8. The van der Waals surface area contributed by atoms with Gasteiger partial charge in [0.25, 0.3) is 23.6 Å². The topological polar surface area (TPSA) is 74.8 Å². The van der Waals surface area contributed by atoms with E-state index in [0.717, 1.165) is 23.0 Å². The molecule has 4 saturated carbocycles. The van der Waals surface area contributed by atoms with Crippen LogP contribution in [0, 0.1) is 10.8 Å². The molecular formula is C37H44N2O4P2. The first-order valence-corrected chi connectivity index (χ1v) is 20.1. The van der Waals surface area contributed by atoms with Crippen molar-refractivity contribution in [2.24, 2.45) is 10.8 Å². The third kappa shape index (κ3) is 4.41. The van der Waals surface area contributed by atoms with E-state index in [2.05, 4.69) is 0 Å². The second-order valence-electron chi connectivity index (χ2n) is 14.5. The molecule has 4 aliphatic carbocycles. The van der Waals surface area contributed by atoms with Crippen LogP contribution in [-0.4, -0.2) is 68.9 Å². The molecule has 2 aromatic rings. The molecule has 0 N–H and O–H groups in total. The van der Waals surface area contributed by atoms with E-state index in [0.29, 0.717) is 34.2 Å². The molecule has 4 heterocycles. The van der Waals surface area contributed by atoms with Crippen LogP contribution in [-0.2, 0) is 0 Å². The lowest BCUT2D eigenvalue weighted by Gasteiger charge is -2.57. The fraction of sp³-hybridized carbons (Fsp3) is 0.568. The number of imide groups is 2. The number of fused-ring (bicyclic) bond motifs is 2. The Labute approximate surface area is 269 Å². The number of hydrogen-bond donors (Lipinski definition) is 0. The lowest BCUT2D eigenvalue weighted by Crippen LogP contribution is -2.50. The van der Waals surface area contributed by atoms with Gasteiger partial charge in [0.15, 0.2) is 0 Å². The van der Waals surface area contributed by atoms with Crippen molar-refractivity contribution < 1.29 is 19.2 Å². The van der Waals surface area contributed by atoms with Gasteiger partial charge in [-0.05, 0) is 116 Å². The summed E-state index contributed by atoms with van der Waals surface area (Å²) in [6.07, 6.45) is 18.5. The number of carbonyl (C=O) groups is 4. The standard InChI is InChI=1S/C18H20NO2P.C10H9NO2.C9H15P/c20-16-12-5-1-2-6-13(12)17(21)19(16)11-22-14-7-3-9-18(14)10-4-8-15(18)22;1-2-11-9(12)7-5-3-4-6-8(7)10(11)13;1-3-7-9(5-1)6-2-4-8(9)10-7/h1-2,5-6,14-15H,3-4,7-11H2;3-6H,2H2,1H3;7-8,10H,1-6H2. The van der Waals surface area contributed by atoms with E-state index in [1.807, 2.05) is 12.1 Å². The van der Waals surface area contributed by atoms with Gasteiger partial charge >= 0.3 is 0 Å². The molecule has 4 atom stereocenters. The number of carbonyl (C=O) groups excluding carboxylic acids is 4. The van der Waals surface area contributed by atoms with Crippen molar-refractivity contribution in [1.29, 1.82) is 0 Å². The van der Waals surface area contributed by atoms with Gasteiger partial charge in [-0.3, -0.25) is 29.0 Å². The molecule has 8 aliphatic rings. The highest BCUT2D eigenvalue weighted by atomic mass is 31.1. The maximum absolute atomic E-state index is 12.6. The van der Waals surface area contributed by atoms with Crippen LogP contribution in [0.5, 0.6) is 0 Å². The Morgan fingerprint density at radius 1 is 0.622 bits per heavy atom. The van der Waals surface area contributed by atoms with E-state index in [1.165, 1.54) is 63.3 Å². The van der Waals surface area contributed by atoms with Crippen molar-refractivity contribution in [3.63, 3.8) is 0 Å². The van der Waals surface area contributed by atoms with Crippen molar-refractivity contribution in [2.75, 3.05) is 12.8 Å². The number of benzene rings is 2. The van der Waals surface area contributed by atoms with E-state index >= 15 is 0 Å². The van der Waals surface area contributed by atoms with Crippen LogP contribution >= 0.6 is 16.5 Å². The molecule has 4 aliphatic heterocycles. The first-order valence-electron chi connectivity index (χ1n) is 17.3. The monoisotopic (exact) mass is 642 g/mol. The molecule has 10 rings (SSSR count). The third-order valence-corrected chi connectivity index (χ3v) is 19.1. The summed E-state index contributed by atoms with van der Waals surface area (Å²) < 4.78 is 0. The molecule has 6 fully saturated rings. The van der Waals surface area contributed by atoms with Crippen molar-refractivity contribution >= 4 is 40.1 Å². The summed E-state index contributed by atoms with van der Waals surface area (Å²) in [6.45, 7) is 2.23. The van der Waals surface area contributed by atoms with Crippen LogP contribution in [0.15, 0.2) is 48.5 Å². The molecule has 45 heavy (non-hydrogen) atoms. The summed E-state index contributed by atoms with van der Waals surface area (Å²) in [4.78, 5) is 51.1. The second kappa shape index (κ2) is 11.4. The summed E-state index contributed by atoms with van der Waals surface area (Å²) in [6, 6.07) is 14.2. The van der Waals surface area contributed by atoms with Gasteiger partial charge in [0, 0.05) is 12.8 Å².